The van der Waals surface area contributed by atoms with Crippen molar-refractivity contribution in [2.75, 3.05) is 19.0 Å². The van der Waals surface area contributed by atoms with Gasteiger partial charge in [-0.2, -0.15) is 0 Å². The van der Waals surface area contributed by atoms with Gasteiger partial charge in [0.25, 0.3) is 0 Å². The number of benzene rings is 3. The number of rotatable bonds is 9. The van der Waals surface area contributed by atoms with E-state index < -0.39 is 0 Å². The monoisotopic (exact) mass is 435 g/mol. The smallest absolute Gasteiger partial charge is 0.196 e. The van der Waals surface area contributed by atoms with Gasteiger partial charge in [0.2, 0.25) is 0 Å². The molecule has 0 N–H and O–H groups in total. The molecule has 0 saturated carbocycles. The Hall–Kier alpha value is -3.32. The molecule has 0 aliphatic rings. The zero-order valence-corrected chi connectivity index (χ0v) is 17.9. The Morgan fingerprint density at radius 2 is 1.52 bits per heavy atom. The topological polar surface area (TPSA) is 49.2 Å². The molecule has 3 aromatic carbocycles. The highest BCUT2D eigenvalue weighted by atomic mass is 32.2. The van der Waals surface area contributed by atoms with Crippen molar-refractivity contribution >= 4 is 11.8 Å². The summed E-state index contributed by atoms with van der Waals surface area (Å²) in [5.74, 6) is 2.70. The molecule has 31 heavy (non-hydrogen) atoms. The Morgan fingerprint density at radius 1 is 0.839 bits per heavy atom. The molecular formula is C24H22FN3O2S. The van der Waals surface area contributed by atoms with Crippen LogP contribution in [0.5, 0.6) is 11.5 Å². The van der Waals surface area contributed by atoms with Crippen LogP contribution < -0.4 is 9.47 Å². The van der Waals surface area contributed by atoms with Crippen molar-refractivity contribution in [1.29, 1.82) is 0 Å². The van der Waals surface area contributed by atoms with Gasteiger partial charge in [-0.1, -0.05) is 30.0 Å². The largest absolute Gasteiger partial charge is 0.494 e. The maximum atomic E-state index is 13.4. The summed E-state index contributed by atoms with van der Waals surface area (Å²) in [6.45, 7) is 3.11. The quantitative estimate of drug-likeness (QED) is 0.251. The molecule has 5 nitrogen and oxygen atoms in total. The second kappa shape index (κ2) is 10.1. The molecule has 158 valence electrons. The number of aromatic nitrogens is 3. The highest BCUT2D eigenvalue weighted by Gasteiger charge is 2.16. The average Bonchev–Trinajstić information content (AvgIpc) is 3.23. The van der Waals surface area contributed by atoms with E-state index in [0.717, 1.165) is 27.9 Å². The third-order valence-electron chi connectivity index (χ3n) is 4.47. The summed E-state index contributed by atoms with van der Waals surface area (Å²) in [6, 6.07) is 23.7. The minimum atomic E-state index is -0.282. The lowest BCUT2D eigenvalue weighted by molar-refractivity contribution is 0.332. The van der Waals surface area contributed by atoms with Gasteiger partial charge in [0.1, 0.15) is 17.3 Å². The molecule has 0 amide bonds. The van der Waals surface area contributed by atoms with E-state index in [4.69, 9.17) is 9.47 Å². The molecule has 0 fully saturated rings. The number of ether oxygens (including phenoxy) is 2. The normalized spacial score (nSPS) is 10.8. The maximum absolute atomic E-state index is 13.4. The minimum absolute atomic E-state index is 0.282. The Bertz CT molecular complexity index is 1100. The summed E-state index contributed by atoms with van der Waals surface area (Å²) in [5, 5.41) is 9.50. The van der Waals surface area contributed by atoms with Gasteiger partial charge in [-0.25, -0.2) is 4.39 Å². The Balaban J connectivity index is 1.47. The molecule has 0 radical (unpaired) electrons. The lowest BCUT2D eigenvalue weighted by Crippen LogP contribution is -2.03. The third-order valence-corrected chi connectivity index (χ3v) is 5.36. The molecule has 0 atom stereocenters. The van der Waals surface area contributed by atoms with Crippen molar-refractivity contribution in [2.45, 2.75) is 12.1 Å². The molecule has 0 spiro atoms. The van der Waals surface area contributed by atoms with E-state index >= 15 is 0 Å². The summed E-state index contributed by atoms with van der Waals surface area (Å²) < 4.78 is 26.6. The van der Waals surface area contributed by atoms with Crippen LogP contribution in [0.2, 0.25) is 0 Å². The van der Waals surface area contributed by atoms with Crippen LogP contribution in [-0.4, -0.2) is 33.7 Å². The number of hydrogen-bond acceptors (Lipinski definition) is 5. The molecule has 0 bridgehead atoms. The maximum Gasteiger partial charge on any atom is 0.196 e. The van der Waals surface area contributed by atoms with E-state index in [2.05, 4.69) is 10.2 Å². The van der Waals surface area contributed by atoms with Gasteiger partial charge >= 0.3 is 0 Å². The lowest BCUT2D eigenvalue weighted by Gasteiger charge is -2.11. The molecular weight excluding hydrogens is 413 g/mol. The molecule has 0 aliphatic carbocycles. The van der Waals surface area contributed by atoms with E-state index in [1.807, 2.05) is 66.1 Å². The highest BCUT2D eigenvalue weighted by molar-refractivity contribution is 7.99. The third kappa shape index (κ3) is 5.24. The molecule has 4 rings (SSSR count). The first-order valence-corrected chi connectivity index (χ1v) is 11.0. The minimum Gasteiger partial charge on any atom is -0.494 e. The zero-order chi connectivity index (χ0) is 21.5. The van der Waals surface area contributed by atoms with Gasteiger partial charge in [-0.15, -0.1) is 10.2 Å². The standard InChI is InChI=1S/C24H22FN3O2S/c1-2-29-21-12-14-22(15-13-21)30-16-17-31-24-27-26-23(18-8-10-19(25)11-9-18)28(24)20-6-4-3-5-7-20/h3-15H,2,16-17H2,1H3. The van der Waals surface area contributed by atoms with Crippen LogP contribution >= 0.6 is 11.8 Å². The van der Waals surface area contributed by atoms with Gasteiger partial charge in [0.05, 0.1) is 13.2 Å². The van der Waals surface area contributed by atoms with E-state index in [1.165, 1.54) is 12.1 Å². The van der Waals surface area contributed by atoms with Crippen LogP contribution in [0.15, 0.2) is 84.0 Å². The van der Waals surface area contributed by atoms with Crippen molar-refractivity contribution in [3.63, 3.8) is 0 Å². The molecule has 7 heteroatoms. The second-order valence-corrected chi connectivity index (χ2v) is 7.65. The van der Waals surface area contributed by atoms with Crippen molar-refractivity contribution in [1.82, 2.24) is 14.8 Å². The van der Waals surface area contributed by atoms with Crippen molar-refractivity contribution in [3.8, 4) is 28.6 Å². The number of hydrogen-bond donors (Lipinski definition) is 0. The summed E-state index contributed by atoms with van der Waals surface area (Å²) in [6.07, 6.45) is 0. The fourth-order valence-electron chi connectivity index (χ4n) is 3.05. The number of para-hydroxylation sites is 1. The van der Waals surface area contributed by atoms with Gasteiger partial charge in [-0.05, 0) is 67.6 Å². The molecule has 1 heterocycles. The molecule has 0 aliphatic heterocycles. The lowest BCUT2D eigenvalue weighted by atomic mass is 10.2. The average molecular weight is 436 g/mol. The Kier molecular flexibility index (Phi) is 6.84. The fraction of sp³-hybridized carbons (Fsp3) is 0.167. The van der Waals surface area contributed by atoms with Crippen LogP contribution in [0.4, 0.5) is 4.39 Å². The van der Waals surface area contributed by atoms with E-state index in [-0.39, 0.29) is 5.82 Å². The van der Waals surface area contributed by atoms with E-state index in [1.54, 1.807) is 23.9 Å². The van der Waals surface area contributed by atoms with Crippen molar-refractivity contribution in [3.05, 3.63) is 84.7 Å². The summed E-state index contributed by atoms with van der Waals surface area (Å²) in [7, 11) is 0. The summed E-state index contributed by atoms with van der Waals surface area (Å²) in [4.78, 5) is 0. The first-order chi connectivity index (χ1) is 15.2. The molecule has 0 saturated heterocycles. The summed E-state index contributed by atoms with van der Waals surface area (Å²) >= 11 is 1.56. The van der Waals surface area contributed by atoms with Gasteiger partial charge in [0, 0.05) is 17.0 Å². The van der Waals surface area contributed by atoms with Crippen LogP contribution in [0, 0.1) is 5.82 Å². The highest BCUT2D eigenvalue weighted by Crippen LogP contribution is 2.28. The molecule has 4 aromatic rings. The Morgan fingerprint density at radius 3 is 2.19 bits per heavy atom. The summed E-state index contributed by atoms with van der Waals surface area (Å²) in [5.41, 5.74) is 1.75. The van der Waals surface area contributed by atoms with Gasteiger partial charge in [-0.3, -0.25) is 4.57 Å². The number of halogens is 1. The van der Waals surface area contributed by atoms with Crippen LogP contribution in [0.1, 0.15) is 6.92 Å². The predicted molar refractivity (Wildman–Crippen MR) is 121 cm³/mol. The predicted octanol–water partition coefficient (Wildman–Crippen LogP) is 5.64. The van der Waals surface area contributed by atoms with Crippen molar-refractivity contribution in [2.24, 2.45) is 0 Å². The van der Waals surface area contributed by atoms with Crippen molar-refractivity contribution < 1.29 is 13.9 Å². The number of thioether (sulfide) groups is 1. The van der Waals surface area contributed by atoms with Gasteiger partial charge in [0.15, 0.2) is 11.0 Å². The zero-order valence-electron chi connectivity index (χ0n) is 17.1. The van der Waals surface area contributed by atoms with Crippen LogP contribution in [0.3, 0.4) is 0 Å². The number of nitrogens with zero attached hydrogens (tertiary/aromatic N) is 3. The van der Waals surface area contributed by atoms with E-state index in [9.17, 15) is 4.39 Å². The Labute approximate surface area is 184 Å². The van der Waals surface area contributed by atoms with Crippen LogP contribution in [0.25, 0.3) is 17.1 Å². The van der Waals surface area contributed by atoms with Crippen LogP contribution in [-0.2, 0) is 0 Å². The van der Waals surface area contributed by atoms with E-state index in [0.29, 0.717) is 24.8 Å². The first-order valence-electron chi connectivity index (χ1n) is 10.00. The molecule has 1 aromatic heterocycles. The van der Waals surface area contributed by atoms with Gasteiger partial charge < -0.3 is 9.47 Å². The SMILES string of the molecule is CCOc1ccc(OCCSc2nnc(-c3ccc(F)cc3)n2-c2ccccc2)cc1. The second-order valence-electron chi connectivity index (χ2n) is 6.59. The first kappa shape index (κ1) is 20.9. The fourth-order valence-corrected chi connectivity index (χ4v) is 3.82. The molecule has 0 unspecified atom stereocenters.